The summed E-state index contributed by atoms with van der Waals surface area (Å²) in [6, 6.07) is 13.1. The van der Waals surface area contributed by atoms with E-state index < -0.39 is 16.8 Å². The number of nitro groups is 1. The fraction of sp³-hybridized carbons (Fsp3) is 0.143. The quantitative estimate of drug-likeness (QED) is 0.283. The molecule has 29 heavy (non-hydrogen) atoms. The van der Waals surface area contributed by atoms with Gasteiger partial charge in [-0.1, -0.05) is 28.1 Å². The highest BCUT2D eigenvalue weighted by Crippen LogP contribution is 2.36. The lowest BCUT2D eigenvalue weighted by atomic mass is 10.0. The zero-order chi connectivity index (χ0) is 21.1. The molecule has 0 spiro atoms. The summed E-state index contributed by atoms with van der Waals surface area (Å²) in [6.45, 7) is 3.45. The number of carbonyl (C=O) groups excluding carboxylic acids is 2. The van der Waals surface area contributed by atoms with Gasteiger partial charge in [-0.3, -0.25) is 19.8 Å². The number of nitrogens with zero attached hydrogens (tertiary/aromatic N) is 2. The van der Waals surface area contributed by atoms with Crippen molar-refractivity contribution < 1.29 is 19.2 Å². The molecule has 148 valence electrons. The summed E-state index contributed by atoms with van der Waals surface area (Å²) in [4.78, 5) is 38.1. The third-order valence-corrected chi connectivity index (χ3v) is 4.93. The Bertz CT molecular complexity index is 1060. The molecule has 1 aliphatic heterocycles. The molecule has 0 unspecified atom stereocenters. The number of esters is 1. The third kappa shape index (κ3) is 3.97. The average molecular weight is 457 g/mol. The van der Waals surface area contributed by atoms with Crippen LogP contribution in [0.4, 0.5) is 11.4 Å². The Balaban J connectivity index is 2.17. The summed E-state index contributed by atoms with van der Waals surface area (Å²) >= 11 is 3.35. The second-order valence-electron chi connectivity index (χ2n) is 6.17. The molecule has 0 atom stereocenters. The second-order valence-corrected chi connectivity index (χ2v) is 7.09. The van der Waals surface area contributed by atoms with Crippen LogP contribution < -0.4 is 4.90 Å². The monoisotopic (exact) mass is 456 g/mol. The van der Waals surface area contributed by atoms with E-state index in [2.05, 4.69) is 15.9 Å². The summed E-state index contributed by atoms with van der Waals surface area (Å²) in [5, 5.41) is 11.3. The number of amides is 1. The zero-order valence-corrected chi connectivity index (χ0v) is 17.3. The molecule has 0 saturated carbocycles. The lowest BCUT2D eigenvalue weighted by Crippen LogP contribution is -2.24. The standard InChI is InChI=1S/C21H17BrN2O5/c1-3-29-21(26)19-13(2)23(16-10-8-15(22)9-11-16)20(25)17(19)12-14-6-4-5-7-18(14)24(27)28/h4-12H,3H2,1-2H3. The largest absolute Gasteiger partial charge is 0.462 e. The molecule has 0 saturated heterocycles. The number of allylic oxidation sites excluding steroid dienone is 1. The van der Waals surface area contributed by atoms with Crippen LogP contribution >= 0.6 is 15.9 Å². The van der Waals surface area contributed by atoms with Gasteiger partial charge < -0.3 is 4.74 Å². The van der Waals surface area contributed by atoms with Crippen molar-refractivity contribution in [3.63, 3.8) is 0 Å². The minimum Gasteiger partial charge on any atom is -0.462 e. The molecule has 8 heteroatoms. The minimum atomic E-state index is -0.650. The molecular weight excluding hydrogens is 440 g/mol. The van der Waals surface area contributed by atoms with E-state index in [1.165, 1.54) is 29.2 Å². The lowest BCUT2D eigenvalue weighted by molar-refractivity contribution is -0.385. The van der Waals surface area contributed by atoms with Crippen molar-refractivity contribution in [2.24, 2.45) is 0 Å². The highest BCUT2D eigenvalue weighted by Gasteiger charge is 2.38. The van der Waals surface area contributed by atoms with E-state index in [0.717, 1.165) is 4.47 Å². The maximum atomic E-state index is 13.2. The number of rotatable bonds is 5. The van der Waals surface area contributed by atoms with E-state index in [-0.39, 0.29) is 29.0 Å². The van der Waals surface area contributed by atoms with E-state index >= 15 is 0 Å². The number of benzene rings is 2. The fourth-order valence-electron chi connectivity index (χ4n) is 3.11. The lowest BCUT2D eigenvalue weighted by Gasteiger charge is -2.18. The maximum absolute atomic E-state index is 13.2. The Kier molecular flexibility index (Phi) is 5.93. The molecule has 0 fully saturated rings. The first kappa shape index (κ1) is 20.5. The second kappa shape index (κ2) is 8.40. The number of para-hydroxylation sites is 1. The number of anilines is 1. The minimum absolute atomic E-state index is 0.0539. The van der Waals surface area contributed by atoms with Crippen molar-refractivity contribution in [2.75, 3.05) is 11.5 Å². The van der Waals surface area contributed by atoms with Crippen molar-refractivity contribution in [1.29, 1.82) is 0 Å². The first-order valence-electron chi connectivity index (χ1n) is 8.78. The Hall–Kier alpha value is -3.26. The van der Waals surface area contributed by atoms with Crippen LogP contribution in [0.5, 0.6) is 0 Å². The maximum Gasteiger partial charge on any atom is 0.340 e. The van der Waals surface area contributed by atoms with Crippen molar-refractivity contribution in [2.45, 2.75) is 13.8 Å². The summed E-state index contributed by atoms with van der Waals surface area (Å²) in [5.74, 6) is -1.10. The van der Waals surface area contributed by atoms with Crippen molar-refractivity contribution in [1.82, 2.24) is 0 Å². The number of hydrogen-bond acceptors (Lipinski definition) is 5. The van der Waals surface area contributed by atoms with Gasteiger partial charge in [-0.25, -0.2) is 4.79 Å². The average Bonchev–Trinajstić information content (AvgIpc) is 2.93. The van der Waals surface area contributed by atoms with Gasteiger partial charge in [0.2, 0.25) is 0 Å². The van der Waals surface area contributed by atoms with Crippen molar-refractivity contribution >= 4 is 45.3 Å². The number of nitro benzene ring substituents is 1. The van der Waals surface area contributed by atoms with Gasteiger partial charge >= 0.3 is 5.97 Å². The zero-order valence-electron chi connectivity index (χ0n) is 15.7. The normalized spacial score (nSPS) is 15.2. The Labute approximate surface area is 175 Å². The number of carbonyl (C=O) groups is 2. The van der Waals surface area contributed by atoms with Crippen LogP contribution in [0.3, 0.4) is 0 Å². The van der Waals surface area contributed by atoms with Crippen LogP contribution in [0.2, 0.25) is 0 Å². The van der Waals surface area contributed by atoms with Crippen LogP contribution in [0, 0.1) is 10.1 Å². The smallest absolute Gasteiger partial charge is 0.340 e. The molecule has 2 aromatic rings. The molecule has 0 N–H and O–H groups in total. The van der Waals surface area contributed by atoms with Crippen LogP contribution in [-0.2, 0) is 14.3 Å². The van der Waals surface area contributed by atoms with Gasteiger partial charge in [0.25, 0.3) is 11.6 Å². The van der Waals surface area contributed by atoms with E-state index in [1.54, 1.807) is 44.2 Å². The molecule has 2 aromatic carbocycles. The molecule has 0 aromatic heterocycles. The van der Waals surface area contributed by atoms with Gasteiger partial charge in [0, 0.05) is 21.9 Å². The Morgan fingerprint density at radius 3 is 2.48 bits per heavy atom. The van der Waals surface area contributed by atoms with Gasteiger partial charge in [-0.2, -0.15) is 0 Å². The SMILES string of the molecule is CCOC(=O)C1=C(C)N(c2ccc(Br)cc2)C(=O)C1=Cc1ccccc1[N+](=O)[O-]. The van der Waals surface area contributed by atoms with Crippen LogP contribution in [0.1, 0.15) is 19.4 Å². The molecule has 0 radical (unpaired) electrons. The predicted molar refractivity (Wildman–Crippen MR) is 112 cm³/mol. The van der Waals surface area contributed by atoms with Crippen LogP contribution in [0.25, 0.3) is 6.08 Å². The van der Waals surface area contributed by atoms with E-state index in [9.17, 15) is 19.7 Å². The molecular formula is C21H17BrN2O5. The van der Waals surface area contributed by atoms with Gasteiger partial charge in [0.15, 0.2) is 0 Å². The van der Waals surface area contributed by atoms with Crippen molar-refractivity contribution in [3.05, 3.63) is 85.5 Å². The Morgan fingerprint density at radius 1 is 1.21 bits per heavy atom. The highest BCUT2D eigenvalue weighted by atomic mass is 79.9. The summed E-state index contributed by atoms with van der Waals surface area (Å²) in [5.41, 5.74) is 1.20. The summed E-state index contributed by atoms with van der Waals surface area (Å²) < 4.78 is 5.98. The molecule has 3 rings (SSSR count). The van der Waals surface area contributed by atoms with E-state index in [1.807, 2.05) is 0 Å². The van der Waals surface area contributed by atoms with E-state index in [0.29, 0.717) is 11.4 Å². The molecule has 1 heterocycles. The van der Waals surface area contributed by atoms with Crippen molar-refractivity contribution in [3.8, 4) is 0 Å². The summed E-state index contributed by atoms with van der Waals surface area (Å²) in [6.07, 6.45) is 1.37. The topological polar surface area (TPSA) is 89.8 Å². The number of halogens is 1. The highest BCUT2D eigenvalue weighted by molar-refractivity contribution is 9.10. The Morgan fingerprint density at radius 2 is 1.86 bits per heavy atom. The summed E-state index contributed by atoms with van der Waals surface area (Å²) in [7, 11) is 0. The molecule has 7 nitrogen and oxygen atoms in total. The molecule has 1 aliphatic rings. The van der Waals surface area contributed by atoms with Gasteiger partial charge in [-0.15, -0.1) is 0 Å². The molecule has 0 bridgehead atoms. The third-order valence-electron chi connectivity index (χ3n) is 4.40. The fourth-order valence-corrected chi connectivity index (χ4v) is 3.38. The first-order valence-corrected chi connectivity index (χ1v) is 9.58. The van der Waals surface area contributed by atoms with Crippen LogP contribution in [0.15, 0.2) is 69.8 Å². The predicted octanol–water partition coefficient (Wildman–Crippen LogP) is 4.62. The van der Waals surface area contributed by atoms with Gasteiger partial charge in [0.1, 0.15) is 0 Å². The first-order chi connectivity index (χ1) is 13.8. The van der Waals surface area contributed by atoms with Crippen LogP contribution in [-0.4, -0.2) is 23.4 Å². The van der Waals surface area contributed by atoms with Gasteiger partial charge in [-0.05, 0) is 50.3 Å². The van der Waals surface area contributed by atoms with E-state index in [4.69, 9.17) is 4.74 Å². The molecule has 1 amide bonds. The molecule has 0 aliphatic carbocycles. The van der Waals surface area contributed by atoms with Gasteiger partial charge in [0.05, 0.1) is 28.2 Å². The number of ether oxygens (including phenoxy) is 1. The number of hydrogen-bond donors (Lipinski definition) is 0.